The molecule has 15 heavy (non-hydrogen) atoms. The summed E-state index contributed by atoms with van der Waals surface area (Å²) in [5.74, 6) is 0.748. The van der Waals surface area contributed by atoms with Crippen LogP contribution in [-0.4, -0.2) is 12.6 Å². The minimum Gasteiger partial charge on any atom is -0.466 e. The average molecular weight is 208 g/mol. The van der Waals surface area contributed by atoms with Gasteiger partial charge in [-0.05, 0) is 43.9 Å². The van der Waals surface area contributed by atoms with Crippen LogP contribution in [0.3, 0.4) is 0 Å². The van der Waals surface area contributed by atoms with Crippen molar-refractivity contribution < 1.29 is 9.53 Å². The van der Waals surface area contributed by atoms with Gasteiger partial charge in [-0.25, -0.2) is 0 Å². The molecule has 2 rings (SSSR count). The zero-order valence-electron chi connectivity index (χ0n) is 9.71. The van der Waals surface area contributed by atoms with Gasteiger partial charge in [0.1, 0.15) is 0 Å². The van der Waals surface area contributed by atoms with Gasteiger partial charge >= 0.3 is 5.97 Å². The molecule has 2 atom stereocenters. The SMILES string of the molecule is CCOC(=O)CCC1=C[C@H]2CCC2(C)C1. The van der Waals surface area contributed by atoms with E-state index in [4.69, 9.17) is 4.74 Å². The van der Waals surface area contributed by atoms with Crippen molar-refractivity contribution in [2.75, 3.05) is 6.61 Å². The first-order chi connectivity index (χ1) is 7.14. The van der Waals surface area contributed by atoms with Gasteiger partial charge in [0.2, 0.25) is 0 Å². The zero-order chi connectivity index (χ0) is 10.9. The third-order valence-corrected chi connectivity index (χ3v) is 3.94. The summed E-state index contributed by atoms with van der Waals surface area (Å²) in [4.78, 5) is 11.2. The molecule has 0 aromatic carbocycles. The van der Waals surface area contributed by atoms with E-state index >= 15 is 0 Å². The number of carbonyl (C=O) groups excluding carboxylic acids is 1. The van der Waals surface area contributed by atoms with E-state index in [-0.39, 0.29) is 5.97 Å². The number of hydrogen-bond acceptors (Lipinski definition) is 2. The highest BCUT2D eigenvalue weighted by Gasteiger charge is 2.45. The van der Waals surface area contributed by atoms with Crippen LogP contribution in [0.15, 0.2) is 11.6 Å². The van der Waals surface area contributed by atoms with Crippen molar-refractivity contribution in [3.63, 3.8) is 0 Å². The van der Waals surface area contributed by atoms with Crippen LogP contribution in [0.1, 0.15) is 46.0 Å². The normalized spacial score (nSPS) is 32.9. The molecule has 2 nitrogen and oxygen atoms in total. The number of ether oxygens (including phenoxy) is 1. The lowest BCUT2D eigenvalue weighted by Gasteiger charge is -2.42. The average Bonchev–Trinajstić information content (AvgIpc) is 2.40. The Morgan fingerprint density at radius 1 is 1.67 bits per heavy atom. The molecule has 1 unspecified atom stereocenters. The molecule has 84 valence electrons. The molecule has 0 heterocycles. The highest BCUT2D eigenvalue weighted by molar-refractivity contribution is 5.69. The van der Waals surface area contributed by atoms with Gasteiger partial charge in [0, 0.05) is 6.42 Å². The fraction of sp³-hybridized carbons (Fsp3) is 0.769. The summed E-state index contributed by atoms with van der Waals surface area (Å²) in [5, 5.41) is 0. The smallest absolute Gasteiger partial charge is 0.306 e. The molecule has 0 bridgehead atoms. The molecular formula is C13H20O2. The molecule has 1 saturated carbocycles. The zero-order valence-corrected chi connectivity index (χ0v) is 9.71. The topological polar surface area (TPSA) is 26.3 Å². The Morgan fingerprint density at radius 2 is 2.47 bits per heavy atom. The van der Waals surface area contributed by atoms with E-state index in [0.29, 0.717) is 18.4 Å². The van der Waals surface area contributed by atoms with Gasteiger partial charge in [0.05, 0.1) is 6.61 Å². The Labute approximate surface area is 91.7 Å². The minimum atomic E-state index is -0.0530. The van der Waals surface area contributed by atoms with Crippen molar-refractivity contribution in [1.29, 1.82) is 0 Å². The van der Waals surface area contributed by atoms with Gasteiger partial charge in [-0.3, -0.25) is 4.79 Å². The highest BCUT2D eigenvalue weighted by atomic mass is 16.5. The fourth-order valence-electron chi connectivity index (χ4n) is 2.84. The molecule has 0 aliphatic heterocycles. The molecule has 2 aliphatic carbocycles. The molecule has 0 aromatic rings. The Morgan fingerprint density at radius 3 is 2.93 bits per heavy atom. The lowest BCUT2D eigenvalue weighted by Crippen LogP contribution is -2.32. The second-order valence-corrected chi connectivity index (χ2v) is 5.11. The maximum Gasteiger partial charge on any atom is 0.306 e. The molecule has 0 saturated heterocycles. The Bertz CT molecular complexity index is 293. The summed E-state index contributed by atoms with van der Waals surface area (Å²) in [6.45, 7) is 4.72. The van der Waals surface area contributed by atoms with Gasteiger partial charge in [-0.15, -0.1) is 0 Å². The Balaban J connectivity index is 1.77. The van der Waals surface area contributed by atoms with Gasteiger partial charge in [-0.1, -0.05) is 18.6 Å². The molecule has 0 amide bonds. The van der Waals surface area contributed by atoms with Crippen LogP contribution in [0.25, 0.3) is 0 Å². The monoisotopic (exact) mass is 208 g/mol. The quantitative estimate of drug-likeness (QED) is 0.524. The van der Waals surface area contributed by atoms with Crippen LogP contribution < -0.4 is 0 Å². The van der Waals surface area contributed by atoms with E-state index in [2.05, 4.69) is 13.0 Å². The number of fused-ring (bicyclic) bond motifs is 1. The van der Waals surface area contributed by atoms with Crippen LogP contribution in [-0.2, 0) is 9.53 Å². The second-order valence-electron chi connectivity index (χ2n) is 5.11. The van der Waals surface area contributed by atoms with Crippen molar-refractivity contribution in [2.24, 2.45) is 11.3 Å². The molecule has 2 aliphatic rings. The highest BCUT2D eigenvalue weighted by Crippen LogP contribution is 2.56. The maximum absolute atomic E-state index is 11.2. The second kappa shape index (κ2) is 3.99. The lowest BCUT2D eigenvalue weighted by atomic mass is 9.63. The maximum atomic E-state index is 11.2. The lowest BCUT2D eigenvalue weighted by molar-refractivity contribution is -0.143. The third kappa shape index (κ3) is 2.09. The summed E-state index contributed by atoms with van der Waals surface area (Å²) in [5.41, 5.74) is 2.03. The number of rotatable bonds is 4. The predicted octanol–water partition coefficient (Wildman–Crippen LogP) is 3.08. The van der Waals surface area contributed by atoms with Crippen molar-refractivity contribution in [2.45, 2.75) is 46.0 Å². The molecule has 1 fully saturated rings. The van der Waals surface area contributed by atoms with E-state index in [1.165, 1.54) is 24.8 Å². The van der Waals surface area contributed by atoms with Crippen LogP contribution in [0.4, 0.5) is 0 Å². The van der Waals surface area contributed by atoms with E-state index in [1.54, 1.807) is 0 Å². The van der Waals surface area contributed by atoms with Crippen molar-refractivity contribution in [3.8, 4) is 0 Å². The standard InChI is InChI=1S/C13H20O2/c1-3-15-12(14)5-4-10-8-11-6-7-13(11,2)9-10/h8,11H,3-7,9H2,1-2H3/t11-,13?/m1/s1. The van der Waals surface area contributed by atoms with Gasteiger partial charge in [0.15, 0.2) is 0 Å². The van der Waals surface area contributed by atoms with Crippen LogP contribution in [0, 0.1) is 11.3 Å². The largest absolute Gasteiger partial charge is 0.466 e. The molecule has 0 aromatic heterocycles. The number of carbonyl (C=O) groups is 1. The summed E-state index contributed by atoms with van der Waals surface area (Å²) >= 11 is 0. The van der Waals surface area contributed by atoms with Crippen LogP contribution >= 0.6 is 0 Å². The Kier molecular flexibility index (Phi) is 2.85. The first-order valence-corrected chi connectivity index (χ1v) is 5.99. The summed E-state index contributed by atoms with van der Waals surface area (Å²) < 4.78 is 4.93. The van der Waals surface area contributed by atoms with Crippen LogP contribution in [0.5, 0.6) is 0 Å². The van der Waals surface area contributed by atoms with Crippen molar-refractivity contribution in [1.82, 2.24) is 0 Å². The van der Waals surface area contributed by atoms with Crippen molar-refractivity contribution in [3.05, 3.63) is 11.6 Å². The van der Waals surface area contributed by atoms with Crippen LogP contribution in [0.2, 0.25) is 0 Å². The first kappa shape index (κ1) is 10.7. The molecule has 0 spiro atoms. The van der Waals surface area contributed by atoms with Gasteiger partial charge < -0.3 is 4.74 Å². The Hall–Kier alpha value is -0.790. The minimum absolute atomic E-state index is 0.0530. The molecule has 0 N–H and O–H groups in total. The molecular weight excluding hydrogens is 188 g/mol. The summed E-state index contributed by atoms with van der Waals surface area (Å²) in [6, 6.07) is 0. The molecule has 2 heteroatoms. The fourth-order valence-corrected chi connectivity index (χ4v) is 2.84. The third-order valence-electron chi connectivity index (χ3n) is 3.94. The van der Waals surface area contributed by atoms with E-state index in [9.17, 15) is 4.79 Å². The molecule has 0 radical (unpaired) electrons. The number of allylic oxidation sites excluding steroid dienone is 2. The summed E-state index contributed by atoms with van der Waals surface area (Å²) in [7, 11) is 0. The summed E-state index contributed by atoms with van der Waals surface area (Å²) in [6.07, 6.45) is 7.78. The van der Waals surface area contributed by atoms with Gasteiger partial charge in [-0.2, -0.15) is 0 Å². The van der Waals surface area contributed by atoms with Gasteiger partial charge in [0.25, 0.3) is 0 Å². The van der Waals surface area contributed by atoms with E-state index in [1.807, 2.05) is 6.92 Å². The predicted molar refractivity (Wildman–Crippen MR) is 59.4 cm³/mol. The number of esters is 1. The van der Waals surface area contributed by atoms with E-state index < -0.39 is 0 Å². The van der Waals surface area contributed by atoms with Crippen molar-refractivity contribution >= 4 is 5.97 Å². The number of hydrogen-bond donors (Lipinski definition) is 0. The first-order valence-electron chi connectivity index (χ1n) is 5.99. The van der Waals surface area contributed by atoms with E-state index in [0.717, 1.165) is 12.3 Å².